The maximum atomic E-state index is 12.1. The summed E-state index contributed by atoms with van der Waals surface area (Å²) in [5, 5.41) is 0. The molecule has 0 aromatic rings. The summed E-state index contributed by atoms with van der Waals surface area (Å²) in [4.78, 5) is 13.8. The molecule has 0 unspecified atom stereocenters. The topological polar surface area (TPSA) is 66.9 Å². The van der Waals surface area contributed by atoms with Gasteiger partial charge in [0, 0.05) is 32.8 Å². The monoisotopic (exact) mass is 278 g/mol. The number of carbonyl (C=O) groups excluding carboxylic acids is 1. The third kappa shape index (κ3) is 3.93. The minimum Gasteiger partial charge on any atom is -0.369 e. The molecule has 0 bridgehead atoms. The van der Waals surface area contributed by atoms with E-state index < -0.39 is 16.1 Å². The van der Waals surface area contributed by atoms with Gasteiger partial charge in [-0.3, -0.25) is 4.79 Å². The van der Waals surface area contributed by atoms with Crippen LogP contribution in [0.15, 0.2) is 0 Å². The van der Waals surface area contributed by atoms with Gasteiger partial charge in [-0.05, 0) is 13.3 Å². The second-order valence-electron chi connectivity index (χ2n) is 4.34. The zero-order valence-corrected chi connectivity index (χ0v) is 12.1. The van der Waals surface area contributed by atoms with Gasteiger partial charge in [0.05, 0.1) is 6.26 Å². The minimum absolute atomic E-state index is 0.0347. The molecule has 6 nitrogen and oxygen atoms in total. The van der Waals surface area contributed by atoms with Crippen molar-refractivity contribution < 1.29 is 17.9 Å². The average molecular weight is 278 g/mol. The van der Waals surface area contributed by atoms with Crippen LogP contribution in [0.5, 0.6) is 0 Å². The number of rotatable bonds is 5. The van der Waals surface area contributed by atoms with E-state index in [2.05, 4.69) is 0 Å². The Balaban J connectivity index is 2.54. The summed E-state index contributed by atoms with van der Waals surface area (Å²) in [7, 11) is -3.15. The van der Waals surface area contributed by atoms with Crippen molar-refractivity contribution in [3.63, 3.8) is 0 Å². The predicted octanol–water partition coefficient (Wildman–Crippen LogP) is -0.0947. The lowest BCUT2D eigenvalue weighted by Gasteiger charge is -2.34. The molecule has 18 heavy (non-hydrogen) atoms. The third-order valence-electron chi connectivity index (χ3n) is 3.03. The molecular formula is C11H22N2O4S. The Morgan fingerprint density at radius 1 is 1.22 bits per heavy atom. The molecule has 1 fully saturated rings. The van der Waals surface area contributed by atoms with E-state index in [1.54, 1.807) is 4.90 Å². The first-order valence-corrected chi connectivity index (χ1v) is 8.10. The van der Waals surface area contributed by atoms with E-state index in [9.17, 15) is 13.2 Å². The smallest absolute Gasteiger partial charge is 0.251 e. The van der Waals surface area contributed by atoms with Crippen LogP contribution in [0.25, 0.3) is 0 Å². The lowest BCUT2D eigenvalue weighted by Crippen LogP contribution is -2.52. The molecule has 1 amide bonds. The van der Waals surface area contributed by atoms with E-state index in [4.69, 9.17) is 4.74 Å². The molecule has 0 radical (unpaired) electrons. The van der Waals surface area contributed by atoms with Crippen molar-refractivity contribution in [2.24, 2.45) is 0 Å². The second-order valence-corrected chi connectivity index (χ2v) is 6.32. The summed E-state index contributed by atoms with van der Waals surface area (Å²) >= 11 is 0. The van der Waals surface area contributed by atoms with Gasteiger partial charge in [-0.25, -0.2) is 8.42 Å². The largest absolute Gasteiger partial charge is 0.369 e. The van der Waals surface area contributed by atoms with Crippen LogP contribution in [-0.4, -0.2) is 68.7 Å². The Morgan fingerprint density at radius 3 is 2.17 bits per heavy atom. The maximum absolute atomic E-state index is 12.1. The maximum Gasteiger partial charge on any atom is 0.251 e. The van der Waals surface area contributed by atoms with Gasteiger partial charge >= 0.3 is 0 Å². The molecule has 1 aliphatic rings. The first-order valence-electron chi connectivity index (χ1n) is 6.25. The zero-order valence-electron chi connectivity index (χ0n) is 11.3. The van der Waals surface area contributed by atoms with E-state index in [1.807, 2.05) is 13.8 Å². The van der Waals surface area contributed by atoms with Crippen molar-refractivity contribution in [3.05, 3.63) is 0 Å². The van der Waals surface area contributed by atoms with E-state index in [1.165, 1.54) is 10.6 Å². The Bertz CT molecular complexity index is 375. The van der Waals surface area contributed by atoms with Crippen molar-refractivity contribution in [1.82, 2.24) is 9.21 Å². The van der Waals surface area contributed by atoms with Crippen LogP contribution in [0.4, 0.5) is 0 Å². The summed E-state index contributed by atoms with van der Waals surface area (Å²) in [6, 6.07) is 0. The fourth-order valence-corrected chi connectivity index (χ4v) is 2.84. The lowest BCUT2D eigenvalue weighted by atomic mass is 10.2. The molecule has 1 atom stereocenters. The van der Waals surface area contributed by atoms with E-state index in [0.29, 0.717) is 39.2 Å². The number of piperazine rings is 1. The van der Waals surface area contributed by atoms with E-state index in [-0.39, 0.29) is 5.91 Å². The van der Waals surface area contributed by atoms with Gasteiger partial charge in [-0.1, -0.05) is 6.92 Å². The molecule has 1 saturated heterocycles. The highest BCUT2D eigenvalue weighted by Crippen LogP contribution is 2.10. The summed E-state index contributed by atoms with van der Waals surface area (Å²) in [5.74, 6) is -0.0347. The van der Waals surface area contributed by atoms with Crippen molar-refractivity contribution >= 4 is 15.9 Å². The Labute approximate surface area is 109 Å². The van der Waals surface area contributed by atoms with Crippen molar-refractivity contribution in [1.29, 1.82) is 0 Å². The number of ether oxygens (including phenoxy) is 1. The quantitative estimate of drug-likeness (QED) is 0.704. The van der Waals surface area contributed by atoms with Gasteiger partial charge in [0.2, 0.25) is 10.0 Å². The van der Waals surface area contributed by atoms with Crippen molar-refractivity contribution in [3.8, 4) is 0 Å². The lowest BCUT2D eigenvalue weighted by molar-refractivity contribution is -0.144. The van der Waals surface area contributed by atoms with Crippen LogP contribution < -0.4 is 0 Å². The molecule has 1 heterocycles. The second kappa shape index (κ2) is 6.49. The van der Waals surface area contributed by atoms with Crippen LogP contribution in [-0.2, 0) is 19.6 Å². The van der Waals surface area contributed by atoms with Crippen LogP contribution >= 0.6 is 0 Å². The summed E-state index contributed by atoms with van der Waals surface area (Å²) in [6.45, 7) is 5.89. The molecule has 0 saturated carbocycles. The van der Waals surface area contributed by atoms with Gasteiger partial charge in [-0.2, -0.15) is 4.31 Å². The standard InChI is InChI=1S/C11H22N2O4S/c1-4-10(17-5-2)11(14)12-6-8-13(9-7-12)18(3,15)16/h10H,4-9H2,1-3H3/t10-/m1/s1. The summed E-state index contributed by atoms with van der Waals surface area (Å²) < 4.78 is 29.5. The summed E-state index contributed by atoms with van der Waals surface area (Å²) in [5.41, 5.74) is 0. The molecule has 0 aliphatic carbocycles. The van der Waals surface area contributed by atoms with Crippen LogP contribution in [0.3, 0.4) is 0 Å². The number of sulfonamides is 1. The number of amides is 1. The van der Waals surface area contributed by atoms with Crippen LogP contribution in [0.2, 0.25) is 0 Å². The predicted molar refractivity (Wildman–Crippen MR) is 68.7 cm³/mol. The molecule has 1 aliphatic heterocycles. The van der Waals surface area contributed by atoms with Crippen LogP contribution in [0, 0.1) is 0 Å². The molecule has 1 rings (SSSR count). The highest BCUT2D eigenvalue weighted by atomic mass is 32.2. The fourth-order valence-electron chi connectivity index (χ4n) is 2.01. The molecule has 0 aromatic carbocycles. The first-order chi connectivity index (χ1) is 8.40. The normalized spacial score (nSPS) is 19.8. The van der Waals surface area contributed by atoms with E-state index in [0.717, 1.165) is 0 Å². The van der Waals surface area contributed by atoms with Gasteiger partial charge in [0.1, 0.15) is 6.10 Å². The van der Waals surface area contributed by atoms with Gasteiger partial charge in [0.25, 0.3) is 5.91 Å². The molecule has 0 aromatic heterocycles. The van der Waals surface area contributed by atoms with Gasteiger partial charge in [-0.15, -0.1) is 0 Å². The van der Waals surface area contributed by atoms with Crippen molar-refractivity contribution in [2.75, 3.05) is 39.0 Å². The number of hydrogen-bond acceptors (Lipinski definition) is 4. The first kappa shape index (κ1) is 15.4. The van der Waals surface area contributed by atoms with E-state index >= 15 is 0 Å². The molecular weight excluding hydrogens is 256 g/mol. The highest BCUT2D eigenvalue weighted by molar-refractivity contribution is 7.88. The molecule has 0 spiro atoms. The Hall–Kier alpha value is -0.660. The van der Waals surface area contributed by atoms with Crippen LogP contribution in [0.1, 0.15) is 20.3 Å². The molecule has 7 heteroatoms. The molecule has 106 valence electrons. The fraction of sp³-hybridized carbons (Fsp3) is 0.909. The SMILES string of the molecule is CCO[C@H](CC)C(=O)N1CCN(S(C)(=O)=O)CC1. The third-order valence-corrected chi connectivity index (χ3v) is 4.34. The Morgan fingerprint density at radius 2 is 1.78 bits per heavy atom. The molecule has 0 N–H and O–H groups in total. The number of carbonyl (C=O) groups is 1. The highest BCUT2D eigenvalue weighted by Gasteiger charge is 2.29. The summed E-state index contributed by atoms with van der Waals surface area (Å²) in [6.07, 6.45) is 1.43. The Kier molecular flexibility index (Phi) is 5.55. The van der Waals surface area contributed by atoms with Gasteiger partial charge in [0.15, 0.2) is 0 Å². The van der Waals surface area contributed by atoms with Gasteiger partial charge < -0.3 is 9.64 Å². The van der Waals surface area contributed by atoms with Crippen molar-refractivity contribution in [2.45, 2.75) is 26.4 Å². The number of hydrogen-bond donors (Lipinski definition) is 0. The zero-order chi connectivity index (χ0) is 13.8. The average Bonchev–Trinajstić information content (AvgIpc) is 2.34. The number of nitrogens with zero attached hydrogens (tertiary/aromatic N) is 2. The minimum atomic E-state index is -3.15.